The Balaban J connectivity index is 1.74. The van der Waals surface area contributed by atoms with Crippen molar-refractivity contribution in [2.75, 3.05) is 0 Å². The van der Waals surface area contributed by atoms with Gasteiger partial charge in [0.15, 0.2) is 0 Å². The fourth-order valence-corrected chi connectivity index (χ4v) is 4.99. The van der Waals surface area contributed by atoms with Gasteiger partial charge in [0.2, 0.25) is 5.72 Å². The normalized spacial score (nSPS) is 22.9. The molecule has 1 atom stereocenters. The van der Waals surface area contributed by atoms with Gasteiger partial charge in [-0.05, 0) is 68.7 Å². The zero-order valence-corrected chi connectivity index (χ0v) is 21.0. The summed E-state index contributed by atoms with van der Waals surface area (Å²) in [4.78, 5) is 19.7. The number of amides is 1. The number of pyridine rings is 1. The van der Waals surface area contributed by atoms with Crippen molar-refractivity contribution in [3.8, 4) is 6.07 Å². The van der Waals surface area contributed by atoms with Gasteiger partial charge in [-0.25, -0.2) is 4.39 Å². The number of rotatable bonds is 6. The zero-order chi connectivity index (χ0) is 26.5. The quantitative estimate of drug-likeness (QED) is 0.499. The summed E-state index contributed by atoms with van der Waals surface area (Å²) in [7, 11) is 0. The smallest absolute Gasteiger partial charge is 0.257 e. The standard InChI is InChI=1S/C28H25ClFN3O4/c1-27(2,36)18-9-23-25(24(30)10-18)28(37-22-11-21(34)12-22,17-4-6-19(29)7-5-17)33(26(23)35)15-20-8-3-16(13-31)14-32-20/h3-10,14,21-22,34,36H,11-12,15H2,1-2H3/t21?,22?,28-/m1/s1. The van der Waals surface area contributed by atoms with Crippen LogP contribution in [0, 0.1) is 17.1 Å². The zero-order valence-electron chi connectivity index (χ0n) is 20.3. The van der Waals surface area contributed by atoms with E-state index in [4.69, 9.17) is 21.6 Å². The van der Waals surface area contributed by atoms with E-state index >= 15 is 4.39 Å². The molecule has 0 unspecified atom stereocenters. The highest BCUT2D eigenvalue weighted by molar-refractivity contribution is 6.30. The van der Waals surface area contributed by atoms with E-state index in [1.165, 1.54) is 37.1 Å². The summed E-state index contributed by atoms with van der Waals surface area (Å²) in [6.07, 6.45) is 1.11. The molecule has 1 aliphatic heterocycles. The Kier molecular flexibility index (Phi) is 6.29. The van der Waals surface area contributed by atoms with Crippen LogP contribution < -0.4 is 0 Å². The lowest BCUT2D eigenvalue weighted by Crippen LogP contribution is -2.51. The van der Waals surface area contributed by atoms with E-state index in [2.05, 4.69) is 4.98 Å². The highest BCUT2D eigenvalue weighted by Crippen LogP contribution is 2.50. The molecule has 1 fully saturated rings. The molecule has 0 bridgehead atoms. The minimum absolute atomic E-state index is 0.0304. The molecule has 0 saturated heterocycles. The highest BCUT2D eigenvalue weighted by Gasteiger charge is 2.56. The van der Waals surface area contributed by atoms with Crippen LogP contribution in [0.1, 0.15) is 65.0 Å². The van der Waals surface area contributed by atoms with Crippen LogP contribution in [0.15, 0.2) is 54.7 Å². The Morgan fingerprint density at radius 2 is 1.95 bits per heavy atom. The summed E-state index contributed by atoms with van der Waals surface area (Å²) in [5.41, 5.74) is -1.40. The SMILES string of the molecule is CC(C)(O)c1cc(F)c2c(c1)C(=O)N(Cc1ccc(C#N)cn1)[C@@]2(OC1CC(O)C1)c1ccc(Cl)cc1. The molecule has 37 heavy (non-hydrogen) atoms. The molecule has 1 aliphatic carbocycles. The molecule has 190 valence electrons. The summed E-state index contributed by atoms with van der Waals surface area (Å²) in [5, 5.41) is 30.1. The van der Waals surface area contributed by atoms with Gasteiger partial charge < -0.3 is 14.9 Å². The van der Waals surface area contributed by atoms with Gasteiger partial charge in [-0.2, -0.15) is 5.26 Å². The number of carbonyl (C=O) groups excluding carboxylic acids is 1. The van der Waals surface area contributed by atoms with Gasteiger partial charge in [-0.3, -0.25) is 14.7 Å². The maximum Gasteiger partial charge on any atom is 0.257 e. The number of benzene rings is 2. The fraction of sp³-hybridized carbons (Fsp3) is 0.321. The van der Waals surface area contributed by atoms with Crippen molar-refractivity contribution in [2.45, 2.75) is 56.8 Å². The van der Waals surface area contributed by atoms with Crippen LogP contribution in [0.4, 0.5) is 4.39 Å². The van der Waals surface area contributed by atoms with Gasteiger partial charge in [-0.1, -0.05) is 23.7 Å². The number of ether oxygens (including phenoxy) is 1. The lowest BCUT2D eigenvalue weighted by atomic mass is 9.87. The topological polar surface area (TPSA) is 107 Å². The van der Waals surface area contributed by atoms with Gasteiger partial charge in [0.05, 0.1) is 46.7 Å². The molecule has 5 rings (SSSR count). The third kappa shape index (κ3) is 4.38. The molecule has 2 aromatic carbocycles. The van der Waals surface area contributed by atoms with E-state index < -0.39 is 35.3 Å². The van der Waals surface area contributed by atoms with Crippen molar-refractivity contribution < 1.29 is 24.1 Å². The van der Waals surface area contributed by atoms with Crippen LogP contribution in [0.2, 0.25) is 5.02 Å². The number of nitriles is 1. The van der Waals surface area contributed by atoms with Crippen LogP contribution in [0.25, 0.3) is 0 Å². The maximum atomic E-state index is 16.1. The first-order chi connectivity index (χ1) is 17.5. The molecule has 9 heteroatoms. The van der Waals surface area contributed by atoms with E-state index in [0.29, 0.717) is 34.7 Å². The van der Waals surface area contributed by atoms with Crippen LogP contribution in [0.5, 0.6) is 0 Å². The van der Waals surface area contributed by atoms with E-state index in [1.807, 2.05) is 6.07 Å². The number of fused-ring (bicyclic) bond motifs is 1. The number of carbonyl (C=O) groups is 1. The predicted molar refractivity (Wildman–Crippen MR) is 133 cm³/mol. The number of nitrogens with zero attached hydrogens (tertiary/aromatic N) is 3. The summed E-state index contributed by atoms with van der Waals surface area (Å²) in [6.45, 7) is 2.99. The molecular formula is C28H25ClFN3O4. The maximum absolute atomic E-state index is 16.1. The Labute approximate surface area is 218 Å². The number of hydrogen-bond acceptors (Lipinski definition) is 6. The molecule has 2 heterocycles. The third-order valence-corrected chi connectivity index (χ3v) is 7.16. The highest BCUT2D eigenvalue weighted by atomic mass is 35.5. The van der Waals surface area contributed by atoms with Gasteiger partial charge in [-0.15, -0.1) is 0 Å². The second-order valence-corrected chi connectivity index (χ2v) is 10.4. The largest absolute Gasteiger partial charge is 0.393 e. The van der Waals surface area contributed by atoms with Crippen LogP contribution in [0.3, 0.4) is 0 Å². The Morgan fingerprint density at radius 3 is 2.51 bits per heavy atom. The van der Waals surface area contributed by atoms with Crippen molar-refractivity contribution in [2.24, 2.45) is 0 Å². The molecule has 0 radical (unpaired) electrons. The average Bonchev–Trinajstić information content (AvgIpc) is 3.07. The predicted octanol–water partition coefficient (Wildman–Crippen LogP) is 4.37. The van der Waals surface area contributed by atoms with Crippen molar-refractivity contribution in [1.82, 2.24) is 9.88 Å². The summed E-state index contributed by atoms with van der Waals surface area (Å²) in [6, 6.07) is 14.6. The first-order valence-electron chi connectivity index (χ1n) is 11.9. The van der Waals surface area contributed by atoms with Crippen LogP contribution in [-0.2, 0) is 22.6 Å². The molecule has 1 saturated carbocycles. The number of hydrogen-bond donors (Lipinski definition) is 2. The first kappa shape index (κ1) is 25.3. The average molecular weight is 522 g/mol. The first-order valence-corrected chi connectivity index (χ1v) is 12.3. The summed E-state index contributed by atoms with van der Waals surface area (Å²) < 4.78 is 22.7. The third-order valence-electron chi connectivity index (χ3n) is 6.91. The van der Waals surface area contributed by atoms with Crippen molar-refractivity contribution in [3.05, 3.63) is 99.1 Å². The lowest BCUT2D eigenvalue weighted by molar-refractivity contribution is -0.191. The number of halogens is 2. The summed E-state index contributed by atoms with van der Waals surface area (Å²) in [5.74, 6) is -1.20. The van der Waals surface area contributed by atoms with Crippen LogP contribution in [-0.4, -0.2) is 38.2 Å². The van der Waals surface area contributed by atoms with Crippen molar-refractivity contribution >= 4 is 17.5 Å². The Morgan fingerprint density at radius 1 is 1.24 bits per heavy atom. The van der Waals surface area contributed by atoms with E-state index in [0.717, 1.165) is 0 Å². The molecule has 1 amide bonds. The molecule has 1 aromatic heterocycles. The molecule has 2 N–H and O–H groups in total. The number of aromatic nitrogens is 1. The second-order valence-electron chi connectivity index (χ2n) is 10.00. The van der Waals surface area contributed by atoms with Gasteiger partial charge in [0, 0.05) is 16.8 Å². The number of aliphatic hydroxyl groups is 2. The van der Waals surface area contributed by atoms with Gasteiger partial charge >= 0.3 is 0 Å². The van der Waals surface area contributed by atoms with Crippen molar-refractivity contribution in [1.29, 1.82) is 5.26 Å². The fourth-order valence-electron chi connectivity index (χ4n) is 4.87. The van der Waals surface area contributed by atoms with Crippen molar-refractivity contribution in [3.63, 3.8) is 0 Å². The Bertz CT molecular complexity index is 1390. The number of aliphatic hydroxyl groups excluding tert-OH is 1. The molecule has 3 aromatic rings. The van der Waals surface area contributed by atoms with E-state index in [1.54, 1.807) is 36.4 Å². The second kappa shape index (κ2) is 9.19. The molecule has 0 spiro atoms. The molecule has 7 nitrogen and oxygen atoms in total. The van der Waals surface area contributed by atoms with E-state index in [9.17, 15) is 15.0 Å². The molecule has 2 aliphatic rings. The van der Waals surface area contributed by atoms with Gasteiger partial charge in [0.1, 0.15) is 11.9 Å². The molecular weight excluding hydrogens is 497 g/mol. The minimum Gasteiger partial charge on any atom is -0.393 e. The van der Waals surface area contributed by atoms with Crippen LogP contribution >= 0.6 is 11.6 Å². The Hall–Kier alpha value is -3.35. The lowest BCUT2D eigenvalue weighted by Gasteiger charge is -2.45. The monoisotopic (exact) mass is 521 g/mol. The van der Waals surface area contributed by atoms with Gasteiger partial charge in [0.25, 0.3) is 5.91 Å². The minimum atomic E-state index is -1.68. The summed E-state index contributed by atoms with van der Waals surface area (Å²) >= 11 is 6.16. The van der Waals surface area contributed by atoms with E-state index in [-0.39, 0.29) is 23.2 Å².